The van der Waals surface area contributed by atoms with Crippen LogP contribution in [-0.2, 0) is 9.68 Å². The van der Waals surface area contributed by atoms with Gasteiger partial charge in [-0.25, -0.2) is 9.23 Å². The topological polar surface area (TPSA) is 30.5 Å². The van der Waals surface area contributed by atoms with E-state index < -0.39 is 6.36 Å². The summed E-state index contributed by atoms with van der Waals surface area (Å²) in [6, 6.07) is 0. The maximum Gasteiger partial charge on any atom is 0.220 e. The minimum absolute atomic E-state index is 0.143. The SMILES string of the molecule is CC(C)CC(F)ONOC1CCC(C(C)(C)C)CC1. The largest absolute Gasteiger partial charge is 0.273 e. The van der Waals surface area contributed by atoms with Crippen molar-refractivity contribution in [3.63, 3.8) is 0 Å². The molecule has 19 heavy (non-hydrogen) atoms. The van der Waals surface area contributed by atoms with Gasteiger partial charge in [0.15, 0.2) is 0 Å². The second kappa shape index (κ2) is 7.55. The quantitative estimate of drug-likeness (QED) is 0.729. The van der Waals surface area contributed by atoms with Crippen molar-refractivity contribution in [3.05, 3.63) is 0 Å². The zero-order valence-electron chi connectivity index (χ0n) is 13.0. The molecule has 1 atom stereocenters. The highest BCUT2D eigenvalue weighted by Crippen LogP contribution is 2.38. The molecule has 1 aliphatic rings. The lowest BCUT2D eigenvalue weighted by molar-refractivity contribution is -0.255. The Balaban J connectivity index is 2.13. The number of nitrogens with one attached hydrogen (secondary N) is 1. The molecule has 114 valence electrons. The van der Waals surface area contributed by atoms with Crippen molar-refractivity contribution >= 4 is 0 Å². The van der Waals surface area contributed by atoms with Crippen LogP contribution in [0.2, 0.25) is 0 Å². The third kappa shape index (κ3) is 6.68. The smallest absolute Gasteiger partial charge is 0.220 e. The van der Waals surface area contributed by atoms with Gasteiger partial charge in [0.05, 0.1) is 6.10 Å². The maximum absolute atomic E-state index is 13.3. The molecule has 0 amide bonds. The fraction of sp³-hybridized carbons (Fsp3) is 1.00. The van der Waals surface area contributed by atoms with E-state index in [-0.39, 0.29) is 12.0 Å². The van der Waals surface area contributed by atoms with Gasteiger partial charge in [-0.15, -0.1) is 0 Å². The summed E-state index contributed by atoms with van der Waals surface area (Å²) in [5.41, 5.74) is 2.71. The van der Waals surface area contributed by atoms with Crippen LogP contribution < -0.4 is 5.64 Å². The Morgan fingerprint density at radius 1 is 1.16 bits per heavy atom. The van der Waals surface area contributed by atoms with Crippen LogP contribution in [-0.4, -0.2) is 12.5 Å². The summed E-state index contributed by atoms with van der Waals surface area (Å²) < 4.78 is 13.3. The van der Waals surface area contributed by atoms with E-state index in [1.54, 1.807) is 0 Å². The Morgan fingerprint density at radius 3 is 2.21 bits per heavy atom. The van der Waals surface area contributed by atoms with Gasteiger partial charge in [0.25, 0.3) is 0 Å². The molecule has 0 heterocycles. The highest BCUT2D eigenvalue weighted by molar-refractivity contribution is 4.80. The second-order valence-electron chi connectivity index (χ2n) is 7.20. The predicted molar refractivity (Wildman–Crippen MR) is 74.9 cm³/mol. The normalized spacial score (nSPS) is 26.7. The fourth-order valence-corrected chi connectivity index (χ4v) is 2.61. The molecule has 1 aliphatic carbocycles. The molecule has 0 bridgehead atoms. The number of halogens is 1. The number of alkyl halides is 1. The van der Waals surface area contributed by atoms with Crippen molar-refractivity contribution in [1.29, 1.82) is 0 Å². The van der Waals surface area contributed by atoms with Gasteiger partial charge >= 0.3 is 0 Å². The Morgan fingerprint density at radius 2 is 1.74 bits per heavy atom. The van der Waals surface area contributed by atoms with Crippen LogP contribution in [0.5, 0.6) is 0 Å². The Kier molecular flexibility index (Phi) is 6.71. The van der Waals surface area contributed by atoms with Gasteiger partial charge in [-0.3, -0.25) is 4.84 Å². The first-order valence-electron chi connectivity index (χ1n) is 7.49. The second-order valence-corrected chi connectivity index (χ2v) is 7.20. The monoisotopic (exact) mass is 275 g/mol. The van der Waals surface area contributed by atoms with Crippen LogP contribution in [0.4, 0.5) is 4.39 Å². The molecular weight excluding hydrogens is 245 g/mol. The van der Waals surface area contributed by atoms with Gasteiger partial charge in [0, 0.05) is 6.42 Å². The van der Waals surface area contributed by atoms with Crippen molar-refractivity contribution in [2.24, 2.45) is 17.3 Å². The number of hydrogen-bond donors (Lipinski definition) is 1. The van der Waals surface area contributed by atoms with Gasteiger partial charge in [-0.2, -0.15) is 0 Å². The predicted octanol–water partition coefficient (Wildman–Crippen LogP) is 4.39. The molecule has 0 radical (unpaired) electrons. The summed E-state index contributed by atoms with van der Waals surface area (Å²) >= 11 is 0. The van der Waals surface area contributed by atoms with Crippen molar-refractivity contribution in [1.82, 2.24) is 5.64 Å². The molecule has 1 rings (SSSR count). The van der Waals surface area contributed by atoms with Gasteiger partial charge in [-0.05, 0) is 42.9 Å². The van der Waals surface area contributed by atoms with Crippen LogP contribution >= 0.6 is 0 Å². The number of rotatable bonds is 6. The number of hydrogen-bond acceptors (Lipinski definition) is 3. The summed E-state index contributed by atoms with van der Waals surface area (Å²) in [5, 5.41) is 0. The molecule has 1 unspecified atom stereocenters. The molecule has 4 heteroatoms. The zero-order valence-corrected chi connectivity index (χ0v) is 13.0. The van der Waals surface area contributed by atoms with Crippen molar-refractivity contribution < 1.29 is 14.1 Å². The maximum atomic E-state index is 13.3. The average molecular weight is 275 g/mol. The Bertz CT molecular complexity index is 245. The summed E-state index contributed by atoms with van der Waals surface area (Å²) in [7, 11) is 0. The van der Waals surface area contributed by atoms with E-state index in [9.17, 15) is 4.39 Å². The zero-order chi connectivity index (χ0) is 14.5. The molecule has 0 aromatic rings. The van der Waals surface area contributed by atoms with E-state index in [1.165, 1.54) is 12.8 Å². The summed E-state index contributed by atoms with van der Waals surface area (Å²) in [5.74, 6) is 1.03. The highest BCUT2D eigenvalue weighted by Gasteiger charge is 2.30. The minimum atomic E-state index is -1.30. The van der Waals surface area contributed by atoms with Gasteiger partial charge in [-0.1, -0.05) is 40.3 Å². The Hall–Kier alpha value is -0.190. The first-order chi connectivity index (χ1) is 8.79. The first kappa shape index (κ1) is 16.9. The van der Waals surface area contributed by atoms with E-state index >= 15 is 0 Å². The van der Waals surface area contributed by atoms with Crippen LogP contribution in [0.1, 0.15) is 66.7 Å². The van der Waals surface area contributed by atoms with Crippen molar-refractivity contribution in [2.45, 2.75) is 79.2 Å². The van der Waals surface area contributed by atoms with Crippen molar-refractivity contribution in [3.8, 4) is 0 Å². The lowest BCUT2D eigenvalue weighted by Crippen LogP contribution is -2.33. The molecular formula is C15H30FNO2. The molecule has 0 saturated heterocycles. The van der Waals surface area contributed by atoms with E-state index in [0.29, 0.717) is 11.8 Å². The van der Waals surface area contributed by atoms with Crippen LogP contribution in [0, 0.1) is 17.3 Å². The standard InChI is InChI=1S/C15H30FNO2/c1-11(2)10-14(16)19-17-18-13-8-6-12(7-9-13)15(3,4)5/h11-14,17H,6-10H2,1-5H3. The summed E-state index contributed by atoms with van der Waals surface area (Å²) in [6.07, 6.45) is 3.59. The lowest BCUT2D eigenvalue weighted by Gasteiger charge is -2.36. The molecule has 0 aromatic carbocycles. The van der Waals surface area contributed by atoms with Crippen LogP contribution in [0.15, 0.2) is 0 Å². The molecule has 1 fully saturated rings. The molecule has 1 saturated carbocycles. The van der Waals surface area contributed by atoms with E-state index in [1.807, 2.05) is 13.8 Å². The molecule has 1 N–H and O–H groups in total. The third-order valence-electron chi connectivity index (χ3n) is 3.95. The molecule has 0 spiro atoms. The average Bonchev–Trinajstić information content (AvgIpc) is 2.27. The van der Waals surface area contributed by atoms with Gasteiger partial charge < -0.3 is 0 Å². The first-order valence-corrected chi connectivity index (χ1v) is 7.49. The minimum Gasteiger partial charge on any atom is -0.273 e. The van der Waals surface area contributed by atoms with Crippen LogP contribution in [0.3, 0.4) is 0 Å². The van der Waals surface area contributed by atoms with Gasteiger partial charge in [0.2, 0.25) is 6.36 Å². The Labute approximate surface area is 117 Å². The van der Waals surface area contributed by atoms with Crippen molar-refractivity contribution in [2.75, 3.05) is 0 Å². The van der Waals surface area contributed by atoms with Crippen LogP contribution in [0.25, 0.3) is 0 Å². The third-order valence-corrected chi connectivity index (χ3v) is 3.95. The van der Waals surface area contributed by atoms with Gasteiger partial charge in [0.1, 0.15) is 0 Å². The highest BCUT2D eigenvalue weighted by atomic mass is 19.1. The molecule has 3 nitrogen and oxygen atoms in total. The van der Waals surface area contributed by atoms with E-state index in [2.05, 4.69) is 26.4 Å². The summed E-state index contributed by atoms with van der Waals surface area (Å²) in [6.45, 7) is 10.8. The lowest BCUT2D eigenvalue weighted by atomic mass is 9.72. The fourth-order valence-electron chi connectivity index (χ4n) is 2.61. The van der Waals surface area contributed by atoms with E-state index in [4.69, 9.17) is 9.68 Å². The molecule has 0 aromatic heterocycles. The summed E-state index contributed by atoms with van der Waals surface area (Å²) in [4.78, 5) is 10.2. The van der Waals surface area contributed by atoms with E-state index in [0.717, 1.165) is 18.8 Å². The molecule has 0 aliphatic heterocycles.